The lowest BCUT2D eigenvalue weighted by atomic mass is 9.98. The van der Waals surface area contributed by atoms with E-state index >= 15 is 4.39 Å². The fraction of sp³-hybridized carbons (Fsp3) is 0.576. The van der Waals surface area contributed by atoms with E-state index < -0.39 is 62.5 Å². The molecule has 6 heterocycles. The van der Waals surface area contributed by atoms with Gasteiger partial charge in [0.1, 0.15) is 16.9 Å². The number of amides is 1. The zero-order chi connectivity index (χ0) is 39.0. The summed E-state index contributed by atoms with van der Waals surface area (Å²) in [5.41, 5.74) is 4.23. The number of nitrogens with zero attached hydrogens (tertiary/aromatic N) is 7. The van der Waals surface area contributed by atoms with E-state index in [0.717, 1.165) is 25.8 Å². The summed E-state index contributed by atoms with van der Waals surface area (Å²) < 4.78 is 111. The molecule has 8 rings (SSSR count). The lowest BCUT2D eigenvalue weighted by Crippen LogP contribution is -2.30. The number of ether oxygens (including phenoxy) is 2. The van der Waals surface area contributed by atoms with Crippen LogP contribution in [0.2, 0.25) is 10.0 Å². The van der Waals surface area contributed by atoms with Gasteiger partial charge in [-0.05, 0) is 51.1 Å². The van der Waals surface area contributed by atoms with Crippen molar-refractivity contribution < 1.29 is 42.5 Å². The summed E-state index contributed by atoms with van der Waals surface area (Å²) in [5.74, 6) is -1.73. The average molecular weight is 832 g/mol. The zero-order valence-corrected chi connectivity index (χ0v) is 31.7. The highest BCUT2D eigenvalue weighted by atomic mass is 35.5. The molecule has 0 radical (unpaired) electrons. The number of nitrogens with two attached hydrogens (primary N) is 1. The highest BCUT2D eigenvalue weighted by molar-refractivity contribution is 8.45. The molecule has 2 N–H and O–H groups in total. The number of halogens is 9. The Kier molecular flexibility index (Phi) is 9.71. The minimum Gasteiger partial charge on any atom is -0.467 e. The molecule has 5 aliphatic rings. The number of hydrogen-bond acceptors (Lipinski definition) is 9. The first-order valence-electron chi connectivity index (χ1n) is 17.5. The van der Waals surface area contributed by atoms with Crippen LogP contribution in [0, 0.1) is 5.82 Å². The first-order chi connectivity index (χ1) is 25.2. The normalized spacial score (nSPS) is 24.0. The molecule has 3 atom stereocenters. The van der Waals surface area contributed by atoms with Crippen molar-refractivity contribution in [3.05, 3.63) is 50.1 Å². The molecule has 2 saturated heterocycles. The van der Waals surface area contributed by atoms with Crippen molar-refractivity contribution in [3.63, 3.8) is 0 Å². The van der Waals surface area contributed by atoms with Gasteiger partial charge in [-0.15, -0.1) is 0 Å². The Hall–Kier alpha value is -3.26. The molecule has 11 nitrogen and oxygen atoms in total. The third-order valence-corrected chi connectivity index (χ3v) is 12.5. The molecule has 0 bridgehead atoms. The van der Waals surface area contributed by atoms with Crippen LogP contribution in [-0.4, -0.2) is 87.5 Å². The van der Waals surface area contributed by atoms with Crippen LogP contribution in [0.25, 0.3) is 0 Å². The molecule has 0 spiro atoms. The minimum atomic E-state index is -10.5. The van der Waals surface area contributed by atoms with Crippen LogP contribution < -0.4 is 15.4 Å². The molecule has 2 aromatic heterocycles. The largest absolute Gasteiger partial charge is 0.467 e. The van der Waals surface area contributed by atoms with E-state index in [-0.39, 0.29) is 46.7 Å². The molecule has 1 saturated carbocycles. The molecule has 21 heteroatoms. The molecular weight excluding hydrogens is 792 g/mol. The van der Waals surface area contributed by atoms with Gasteiger partial charge in [-0.1, -0.05) is 42.6 Å². The molecule has 1 amide bonds. The maximum Gasteiger partial charge on any atom is 0.318 e. The van der Waals surface area contributed by atoms with Gasteiger partial charge in [0.25, 0.3) is 5.91 Å². The smallest absolute Gasteiger partial charge is 0.318 e. The predicted octanol–water partition coefficient (Wildman–Crippen LogP) is 8.02. The quantitative estimate of drug-likeness (QED) is 0.195. The number of carbonyl (C=O) groups excluding carboxylic acids is 1. The van der Waals surface area contributed by atoms with E-state index in [0.29, 0.717) is 49.4 Å². The van der Waals surface area contributed by atoms with Crippen molar-refractivity contribution in [3.8, 4) is 6.01 Å². The van der Waals surface area contributed by atoms with E-state index in [1.165, 1.54) is 20.0 Å². The lowest BCUT2D eigenvalue weighted by molar-refractivity contribution is 0.0212. The summed E-state index contributed by atoms with van der Waals surface area (Å²) in [6.45, 7) is 2.37. The second kappa shape index (κ2) is 13.4. The van der Waals surface area contributed by atoms with Crippen LogP contribution in [-0.2, 0) is 30.9 Å². The number of nitrogen functional groups attached to an aromatic ring is 1. The van der Waals surface area contributed by atoms with Crippen molar-refractivity contribution in [2.24, 2.45) is 0 Å². The number of methoxy groups -OCH3 is 1. The zero-order valence-electron chi connectivity index (χ0n) is 29.3. The van der Waals surface area contributed by atoms with Crippen molar-refractivity contribution in [2.75, 3.05) is 44.4 Å². The first-order valence-corrected chi connectivity index (χ1v) is 20.2. The number of fused-ring (bicyclic) bond motifs is 3. The highest BCUT2D eigenvalue weighted by Gasteiger charge is 2.68. The number of rotatable bonds is 6. The van der Waals surface area contributed by atoms with Crippen molar-refractivity contribution in [1.29, 1.82) is 0 Å². The van der Waals surface area contributed by atoms with Crippen LogP contribution in [0.4, 0.5) is 39.7 Å². The van der Waals surface area contributed by atoms with Gasteiger partial charge in [0.15, 0.2) is 11.5 Å². The van der Waals surface area contributed by atoms with Crippen LogP contribution in [0.15, 0.2) is 11.0 Å². The number of aryl methyl sites for hydroxylation is 1. The van der Waals surface area contributed by atoms with Gasteiger partial charge >= 0.3 is 16.2 Å². The van der Waals surface area contributed by atoms with Gasteiger partial charge in [-0.3, -0.25) is 14.4 Å². The Bertz CT molecular complexity index is 1980. The Balaban J connectivity index is 0.000000433. The fourth-order valence-corrected chi connectivity index (χ4v) is 9.72. The Morgan fingerprint density at radius 3 is 2.50 bits per heavy atom. The predicted molar refractivity (Wildman–Crippen MR) is 189 cm³/mol. The van der Waals surface area contributed by atoms with E-state index in [2.05, 4.69) is 20.0 Å². The molecule has 3 fully saturated rings. The molecule has 3 unspecified atom stereocenters. The van der Waals surface area contributed by atoms with E-state index in [1.54, 1.807) is 21.5 Å². The summed E-state index contributed by atoms with van der Waals surface area (Å²) in [6.07, 6.45) is 2.74. The van der Waals surface area contributed by atoms with E-state index in [9.17, 15) is 28.6 Å². The monoisotopic (exact) mass is 830 g/mol. The van der Waals surface area contributed by atoms with Crippen molar-refractivity contribution in [1.82, 2.24) is 29.5 Å². The van der Waals surface area contributed by atoms with Crippen LogP contribution >= 0.6 is 33.4 Å². The van der Waals surface area contributed by atoms with Crippen LogP contribution in [0.1, 0.15) is 77.6 Å². The van der Waals surface area contributed by atoms with Crippen molar-refractivity contribution in [2.45, 2.75) is 93.9 Å². The number of aromatic nitrogens is 4. The molecule has 1 aliphatic carbocycles. The SMILES string of the molecule is COc1nc2c(c(N3CCCn4nc(C(=O)N(C)C5CC5)c(Cl)c4C3)n1)COC(c1c(F)c(N)cc(Cl)c1S(F)(F)(F)(F)F)C2.FC1CC2CCCN2C1. The number of anilines is 2. The fourth-order valence-electron chi connectivity index (χ4n) is 7.72. The Morgan fingerprint density at radius 2 is 1.83 bits per heavy atom. The molecular formula is C33H39Cl2F7N8O3S. The molecule has 1 aromatic carbocycles. The van der Waals surface area contributed by atoms with E-state index in [4.69, 9.17) is 38.4 Å². The highest BCUT2D eigenvalue weighted by Crippen LogP contribution is 3.03. The van der Waals surface area contributed by atoms with Crippen LogP contribution in [0.3, 0.4) is 0 Å². The number of alkyl halides is 1. The summed E-state index contributed by atoms with van der Waals surface area (Å²) in [4.78, 5) is 24.9. The second-order valence-corrected chi connectivity index (χ2v) is 17.4. The summed E-state index contributed by atoms with van der Waals surface area (Å²) in [6, 6.07) is 0.882. The van der Waals surface area contributed by atoms with E-state index in [1.807, 2.05) is 0 Å². The number of hydrogen-bond donors (Lipinski definition) is 1. The molecule has 3 aromatic rings. The number of benzene rings is 1. The first kappa shape index (κ1) is 39.0. The lowest BCUT2D eigenvalue weighted by Gasteiger charge is -2.43. The van der Waals surface area contributed by atoms with Crippen molar-refractivity contribution >= 4 is 50.8 Å². The van der Waals surface area contributed by atoms with Crippen LogP contribution in [0.5, 0.6) is 6.01 Å². The average Bonchev–Trinajstić information content (AvgIpc) is 3.73. The van der Waals surface area contributed by atoms with Gasteiger partial charge in [0, 0.05) is 56.3 Å². The Morgan fingerprint density at radius 1 is 1.09 bits per heavy atom. The number of carbonyl (C=O) groups is 1. The van der Waals surface area contributed by atoms with Gasteiger partial charge in [-0.2, -0.15) is 15.1 Å². The summed E-state index contributed by atoms with van der Waals surface area (Å²) >= 11 is 12.3. The maximum atomic E-state index is 15.2. The van der Waals surface area contributed by atoms with Gasteiger partial charge in [0.2, 0.25) is 0 Å². The van der Waals surface area contributed by atoms with Gasteiger partial charge in [0.05, 0.1) is 53.5 Å². The van der Waals surface area contributed by atoms with Gasteiger partial charge in [-0.25, -0.2) is 8.78 Å². The second-order valence-electron chi connectivity index (χ2n) is 14.3. The molecule has 4 aliphatic heterocycles. The topological polar surface area (TPSA) is 115 Å². The summed E-state index contributed by atoms with van der Waals surface area (Å²) in [5, 5.41) is 3.21. The standard InChI is InChI=1S/C26H27Cl2F6N7O3S.C7H12FN/c1-39(12-4-5-12)25(42)22-20(28)17-10-40(6-3-7-41(17)38-22)24-13-11-44-18(9-16(13)36-26(37-24)43-2)19-21(29)15(35)8-14(27)23(19)45(30,31,32,33)34;8-6-4-7-2-1-3-9(7)5-6/h8,12,18H,3-7,9-11,35H2,1-2H3;6-7H,1-5H2. The Labute approximate surface area is 316 Å². The third kappa shape index (κ3) is 7.62. The maximum absolute atomic E-state index is 15.2. The third-order valence-electron chi connectivity index (χ3n) is 10.5. The molecule has 54 heavy (non-hydrogen) atoms. The van der Waals surface area contributed by atoms with Gasteiger partial charge < -0.3 is 25.0 Å². The molecule has 298 valence electrons. The summed E-state index contributed by atoms with van der Waals surface area (Å²) in [7, 11) is -7.56. The minimum absolute atomic E-state index is 0.0879.